The van der Waals surface area contributed by atoms with Gasteiger partial charge in [-0.2, -0.15) is 0 Å². The molecule has 0 unspecified atom stereocenters. The Kier molecular flexibility index (Phi) is 6.24. The van der Waals surface area contributed by atoms with Gasteiger partial charge in [-0.05, 0) is 67.6 Å². The molecule has 1 amide bonds. The number of carbonyl (C=O) groups excluding carboxylic acids is 2. The molecule has 0 radical (unpaired) electrons. The van der Waals surface area contributed by atoms with Crippen LogP contribution in [0.5, 0.6) is 5.75 Å². The zero-order chi connectivity index (χ0) is 19.4. The van der Waals surface area contributed by atoms with E-state index in [0.717, 1.165) is 19.3 Å². The molecule has 2 aromatic carbocycles. The maximum absolute atomic E-state index is 12.2. The van der Waals surface area contributed by atoms with E-state index in [1.807, 2.05) is 18.2 Å². The first kappa shape index (κ1) is 19.5. The molecule has 1 aliphatic carbocycles. The van der Waals surface area contributed by atoms with Crippen LogP contribution in [0.2, 0.25) is 10.0 Å². The summed E-state index contributed by atoms with van der Waals surface area (Å²) in [7, 11) is 0. The predicted octanol–water partition coefficient (Wildman–Crippen LogP) is 4.43. The molecule has 0 fully saturated rings. The number of aryl methyl sites for hydroxylation is 2. The zero-order valence-corrected chi connectivity index (χ0v) is 16.3. The fraction of sp³-hybridized carbons (Fsp3) is 0.300. The summed E-state index contributed by atoms with van der Waals surface area (Å²) >= 11 is 11.8. The highest BCUT2D eigenvalue weighted by Gasteiger charge is 2.19. The lowest BCUT2D eigenvalue weighted by Gasteiger charge is -2.14. The van der Waals surface area contributed by atoms with Crippen LogP contribution < -0.4 is 10.1 Å². The minimum Gasteiger partial charge on any atom is -0.482 e. The van der Waals surface area contributed by atoms with Gasteiger partial charge in [0.2, 0.25) is 0 Å². The highest BCUT2D eigenvalue weighted by molar-refractivity contribution is 6.35. The van der Waals surface area contributed by atoms with E-state index in [1.165, 1.54) is 18.1 Å². The number of benzene rings is 2. The third kappa shape index (κ3) is 5.37. The second-order valence-electron chi connectivity index (χ2n) is 6.35. The highest BCUT2D eigenvalue weighted by Crippen LogP contribution is 2.26. The molecule has 1 atom stereocenters. The van der Waals surface area contributed by atoms with E-state index in [1.54, 1.807) is 18.2 Å². The molecule has 0 saturated heterocycles. The quantitative estimate of drug-likeness (QED) is 0.719. The minimum atomic E-state index is -0.987. The summed E-state index contributed by atoms with van der Waals surface area (Å²) in [6.07, 6.45) is 2.27. The van der Waals surface area contributed by atoms with Crippen molar-refractivity contribution in [1.29, 1.82) is 0 Å². The van der Waals surface area contributed by atoms with Crippen molar-refractivity contribution in [2.45, 2.75) is 32.3 Å². The average Bonchev–Trinajstić information content (AvgIpc) is 3.06. The molecule has 142 valence electrons. The summed E-state index contributed by atoms with van der Waals surface area (Å²) < 4.78 is 10.6. The number of rotatable bonds is 6. The largest absolute Gasteiger partial charge is 0.482 e. The van der Waals surface area contributed by atoms with Crippen molar-refractivity contribution in [1.82, 2.24) is 0 Å². The van der Waals surface area contributed by atoms with Crippen molar-refractivity contribution in [3.05, 3.63) is 57.6 Å². The second kappa shape index (κ2) is 8.63. The molecule has 1 N–H and O–H groups in total. The first-order chi connectivity index (χ1) is 12.9. The molecule has 0 bridgehead atoms. The predicted molar refractivity (Wildman–Crippen MR) is 105 cm³/mol. The standard InChI is InChI=1S/C20H19Cl2NO4/c1-12(20(25)23-17-9-15(21)8-16(22)10-17)27-19(24)11-26-18-6-5-13-3-2-4-14(13)7-18/h5-10,12H,2-4,11H2,1H3,(H,23,25)/t12-/m1/s1. The maximum Gasteiger partial charge on any atom is 0.344 e. The number of amides is 1. The van der Waals surface area contributed by atoms with Crippen LogP contribution in [0.1, 0.15) is 24.5 Å². The van der Waals surface area contributed by atoms with Crippen LogP contribution in [-0.4, -0.2) is 24.6 Å². The molecule has 0 aromatic heterocycles. The van der Waals surface area contributed by atoms with Crippen LogP contribution in [0.25, 0.3) is 0 Å². The lowest BCUT2D eigenvalue weighted by atomic mass is 10.1. The Morgan fingerprint density at radius 3 is 2.52 bits per heavy atom. The van der Waals surface area contributed by atoms with Gasteiger partial charge in [-0.15, -0.1) is 0 Å². The van der Waals surface area contributed by atoms with Crippen molar-refractivity contribution in [2.24, 2.45) is 0 Å². The van der Waals surface area contributed by atoms with Crippen LogP contribution in [-0.2, 0) is 27.2 Å². The topological polar surface area (TPSA) is 64.6 Å². The summed E-state index contributed by atoms with van der Waals surface area (Å²) in [6, 6.07) is 10.5. The molecule has 0 spiro atoms. The fourth-order valence-electron chi connectivity index (χ4n) is 2.93. The number of anilines is 1. The van der Waals surface area contributed by atoms with Crippen LogP contribution in [0.4, 0.5) is 5.69 Å². The Bertz CT molecular complexity index is 849. The lowest BCUT2D eigenvalue weighted by molar-refractivity contribution is -0.155. The number of hydrogen-bond acceptors (Lipinski definition) is 4. The molecule has 0 heterocycles. The summed E-state index contributed by atoms with van der Waals surface area (Å²) in [5.41, 5.74) is 3.01. The van der Waals surface area contributed by atoms with E-state index in [4.69, 9.17) is 32.7 Å². The Morgan fingerprint density at radius 1 is 1.07 bits per heavy atom. The van der Waals surface area contributed by atoms with Gasteiger partial charge in [-0.3, -0.25) is 4.79 Å². The molecule has 2 aromatic rings. The number of hydrogen-bond donors (Lipinski definition) is 1. The van der Waals surface area contributed by atoms with E-state index in [0.29, 0.717) is 21.5 Å². The van der Waals surface area contributed by atoms with Gasteiger partial charge in [0.05, 0.1) is 0 Å². The molecule has 0 aliphatic heterocycles. The molecule has 7 heteroatoms. The molecular weight excluding hydrogens is 389 g/mol. The Labute approximate surface area is 167 Å². The van der Waals surface area contributed by atoms with Crippen molar-refractivity contribution in [3.63, 3.8) is 0 Å². The van der Waals surface area contributed by atoms with Gasteiger partial charge in [-0.25, -0.2) is 4.79 Å². The maximum atomic E-state index is 12.2. The number of fused-ring (bicyclic) bond motifs is 1. The van der Waals surface area contributed by atoms with Gasteiger partial charge in [-0.1, -0.05) is 29.3 Å². The van der Waals surface area contributed by atoms with Crippen LogP contribution in [0.3, 0.4) is 0 Å². The number of halogens is 2. The Morgan fingerprint density at radius 2 is 1.78 bits per heavy atom. The van der Waals surface area contributed by atoms with Crippen LogP contribution in [0.15, 0.2) is 36.4 Å². The Hall–Kier alpha value is -2.24. The van der Waals surface area contributed by atoms with Crippen LogP contribution >= 0.6 is 23.2 Å². The second-order valence-corrected chi connectivity index (χ2v) is 7.23. The minimum absolute atomic E-state index is 0.264. The van der Waals surface area contributed by atoms with Gasteiger partial charge >= 0.3 is 5.97 Å². The fourth-order valence-corrected chi connectivity index (χ4v) is 3.46. The van der Waals surface area contributed by atoms with Crippen molar-refractivity contribution >= 4 is 40.8 Å². The third-order valence-corrected chi connectivity index (χ3v) is 4.67. The molecule has 1 aliphatic rings. The van der Waals surface area contributed by atoms with E-state index in [2.05, 4.69) is 5.32 Å². The van der Waals surface area contributed by atoms with Gasteiger partial charge in [0, 0.05) is 15.7 Å². The highest BCUT2D eigenvalue weighted by atomic mass is 35.5. The summed E-state index contributed by atoms with van der Waals surface area (Å²) in [4.78, 5) is 24.1. The van der Waals surface area contributed by atoms with E-state index >= 15 is 0 Å². The van der Waals surface area contributed by atoms with E-state index in [9.17, 15) is 9.59 Å². The Balaban J connectivity index is 1.48. The number of carbonyl (C=O) groups is 2. The van der Waals surface area contributed by atoms with Crippen molar-refractivity contribution < 1.29 is 19.1 Å². The number of nitrogens with one attached hydrogen (secondary N) is 1. The van der Waals surface area contributed by atoms with Gasteiger partial charge in [0.1, 0.15) is 5.75 Å². The van der Waals surface area contributed by atoms with E-state index in [-0.39, 0.29) is 6.61 Å². The molecule has 3 rings (SSSR count). The smallest absolute Gasteiger partial charge is 0.344 e. The molecule has 5 nitrogen and oxygen atoms in total. The molecule has 0 saturated carbocycles. The average molecular weight is 408 g/mol. The summed E-state index contributed by atoms with van der Waals surface area (Å²) in [5.74, 6) is -0.486. The van der Waals surface area contributed by atoms with Gasteiger partial charge in [0.15, 0.2) is 12.7 Å². The first-order valence-electron chi connectivity index (χ1n) is 8.62. The van der Waals surface area contributed by atoms with Crippen molar-refractivity contribution in [2.75, 3.05) is 11.9 Å². The lowest BCUT2D eigenvalue weighted by Crippen LogP contribution is -2.31. The monoisotopic (exact) mass is 407 g/mol. The van der Waals surface area contributed by atoms with Crippen LogP contribution in [0, 0.1) is 0 Å². The van der Waals surface area contributed by atoms with Gasteiger partial charge in [0.25, 0.3) is 5.91 Å². The third-order valence-electron chi connectivity index (χ3n) is 4.23. The summed E-state index contributed by atoms with van der Waals surface area (Å²) in [6.45, 7) is 1.22. The van der Waals surface area contributed by atoms with E-state index < -0.39 is 18.0 Å². The SMILES string of the molecule is C[C@@H](OC(=O)COc1ccc2c(c1)CCC2)C(=O)Nc1cc(Cl)cc(Cl)c1. The number of esters is 1. The zero-order valence-electron chi connectivity index (χ0n) is 14.8. The molecular formula is C20H19Cl2NO4. The molecule has 27 heavy (non-hydrogen) atoms. The van der Waals surface area contributed by atoms with Crippen molar-refractivity contribution in [3.8, 4) is 5.75 Å². The normalized spacial score (nSPS) is 13.6. The summed E-state index contributed by atoms with van der Waals surface area (Å²) in [5, 5.41) is 3.39. The number of ether oxygens (including phenoxy) is 2. The van der Waals surface area contributed by atoms with Gasteiger partial charge < -0.3 is 14.8 Å². The first-order valence-corrected chi connectivity index (χ1v) is 9.37.